The van der Waals surface area contributed by atoms with Gasteiger partial charge in [-0.25, -0.2) is 4.79 Å². The summed E-state index contributed by atoms with van der Waals surface area (Å²) in [5.74, 6) is 0.985. The van der Waals surface area contributed by atoms with Crippen LogP contribution < -0.4 is 9.47 Å². The summed E-state index contributed by atoms with van der Waals surface area (Å²) in [6, 6.07) is 4.38. The SMILES string of the molecule is CC(C(=O)c1ccc2c(c1)OCO2)N(C)C(=O)OCCN1CCCC12COC2. The Morgan fingerprint density at radius 2 is 2.07 bits per heavy atom. The highest BCUT2D eigenvalue weighted by atomic mass is 16.7. The van der Waals surface area contributed by atoms with Crippen molar-refractivity contribution >= 4 is 11.9 Å². The monoisotopic (exact) mass is 390 g/mol. The molecular weight excluding hydrogens is 364 g/mol. The van der Waals surface area contributed by atoms with Crippen molar-refractivity contribution in [3.63, 3.8) is 0 Å². The molecule has 3 aliphatic rings. The Morgan fingerprint density at radius 3 is 2.82 bits per heavy atom. The largest absolute Gasteiger partial charge is 0.454 e. The zero-order chi connectivity index (χ0) is 19.7. The molecule has 2 fully saturated rings. The molecule has 1 spiro atoms. The predicted molar refractivity (Wildman–Crippen MR) is 99.8 cm³/mol. The molecule has 0 aromatic heterocycles. The molecule has 4 rings (SSSR count). The highest BCUT2D eigenvalue weighted by molar-refractivity contribution is 6.01. The van der Waals surface area contributed by atoms with Crippen LogP contribution in [0.25, 0.3) is 0 Å². The maximum atomic E-state index is 12.7. The summed E-state index contributed by atoms with van der Waals surface area (Å²) in [6.07, 6.45) is 1.79. The number of ketones is 1. The lowest BCUT2D eigenvalue weighted by atomic mass is 9.94. The molecule has 28 heavy (non-hydrogen) atoms. The molecule has 0 saturated carbocycles. The maximum Gasteiger partial charge on any atom is 0.410 e. The number of Topliss-reactive ketones (excluding diaryl/α,β-unsaturated/α-hetero) is 1. The maximum absolute atomic E-state index is 12.7. The molecule has 1 amide bonds. The summed E-state index contributed by atoms with van der Waals surface area (Å²) in [4.78, 5) is 28.8. The number of hydrogen-bond donors (Lipinski definition) is 0. The molecule has 0 aliphatic carbocycles. The van der Waals surface area contributed by atoms with Gasteiger partial charge < -0.3 is 23.8 Å². The van der Waals surface area contributed by atoms with Crippen LogP contribution in [0.15, 0.2) is 18.2 Å². The molecule has 0 N–H and O–H groups in total. The van der Waals surface area contributed by atoms with Crippen molar-refractivity contribution in [3.05, 3.63) is 23.8 Å². The molecule has 1 aromatic rings. The van der Waals surface area contributed by atoms with Gasteiger partial charge in [-0.3, -0.25) is 9.69 Å². The van der Waals surface area contributed by atoms with Gasteiger partial charge in [0, 0.05) is 19.2 Å². The van der Waals surface area contributed by atoms with E-state index in [-0.39, 0.29) is 18.1 Å². The normalized spacial score (nSPS) is 20.6. The Bertz CT molecular complexity index is 763. The van der Waals surface area contributed by atoms with Crippen LogP contribution in [-0.4, -0.2) is 80.0 Å². The van der Waals surface area contributed by atoms with Crippen LogP contribution in [0.1, 0.15) is 30.1 Å². The Labute approximate surface area is 164 Å². The summed E-state index contributed by atoms with van der Waals surface area (Å²) in [5, 5.41) is 0. The molecule has 1 atom stereocenters. The van der Waals surface area contributed by atoms with Crippen molar-refractivity contribution in [3.8, 4) is 11.5 Å². The Balaban J connectivity index is 1.28. The molecular formula is C20H26N2O6. The molecule has 2 saturated heterocycles. The zero-order valence-electron chi connectivity index (χ0n) is 16.3. The van der Waals surface area contributed by atoms with Gasteiger partial charge in [-0.2, -0.15) is 0 Å². The summed E-state index contributed by atoms with van der Waals surface area (Å²) < 4.78 is 21.4. The highest BCUT2D eigenvalue weighted by Gasteiger charge is 2.46. The summed E-state index contributed by atoms with van der Waals surface area (Å²) in [7, 11) is 1.58. The van der Waals surface area contributed by atoms with Crippen molar-refractivity contribution in [1.82, 2.24) is 9.80 Å². The lowest BCUT2D eigenvalue weighted by Crippen LogP contribution is -2.59. The van der Waals surface area contributed by atoms with Crippen molar-refractivity contribution in [2.75, 3.05) is 46.8 Å². The second kappa shape index (κ2) is 7.60. The quantitative estimate of drug-likeness (QED) is 0.687. The second-order valence-corrected chi connectivity index (χ2v) is 7.64. The molecule has 3 heterocycles. The van der Waals surface area contributed by atoms with E-state index in [2.05, 4.69) is 4.90 Å². The lowest BCUT2D eigenvalue weighted by molar-refractivity contribution is -0.125. The lowest BCUT2D eigenvalue weighted by Gasteiger charge is -2.45. The van der Waals surface area contributed by atoms with Gasteiger partial charge in [-0.05, 0) is 44.5 Å². The highest BCUT2D eigenvalue weighted by Crippen LogP contribution is 2.35. The van der Waals surface area contributed by atoms with E-state index in [9.17, 15) is 9.59 Å². The first-order valence-electron chi connectivity index (χ1n) is 9.66. The molecule has 0 bridgehead atoms. The van der Waals surface area contributed by atoms with Crippen LogP contribution in [0.5, 0.6) is 11.5 Å². The van der Waals surface area contributed by atoms with Gasteiger partial charge >= 0.3 is 6.09 Å². The van der Waals surface area contributed by atoms with Crippen molar-refractivity contribution < 1.29 is 28.5 Å². The number of nitrogens with zero attached hydrogens (tertiary/aromatic N) is 2. The number of hydrogen-bond acceptors (Lipinski definition) is 7. The van der Waals surface area contributed by atoms with Crippen LogP contribution in [0.4, 0.5) is 4.79 Å². The van der Waals surface area contributed by atoms with Crippen LogP contribution in [0, 0.1) is 0 Å². The Morgan fingerprint density at radius 1 is 1.29 bits per heavy atom. The fraction of sp³-hybridized carbons (Fsp3) is 0.600. The summed E-state index contributed by atoms with van der Waals surface area (Å²) in [5.41, 5.74) is 0.626. The minimum absolute atomic E-state index is 0.152. The van der Waals surface area contributed by atoms with Crippen LogP contribution in [-0.2, 0) is 9.47 Å². The minimum atomic E-state index is -0.647. The van der Waals surface area contributed by atoms with Crippen LogP contribution in [0.3, 0.4) is 0 Å². The fourth-order valence-corrected chi connectivity index (χ4v) is 3.98. The third-order valence-electron chi connectivity index (χ3n) is 5.97. The van der Waals surface area contributed by atoms with E-state index in [0.29, 0.717) is 30.2 Å². The van der Waals surface area contributed by atoms with Gasteiger partial charge in [0.2, 0.25) is 6.79 Å². The number of fused-ring (bicyclic) bond motifs is 1. The third-order valence-corrected chi connectivity index (χ3v) is 5.97. The molecule has 8 nitrogen and oxygen atoms in total. The fourth-order valence-electron chi connectivity index (χ4n) is 3.98. The molecule has 1 unspecified atom stereocenters. The first-order chi connectivity index (χ1) is 13.5. The number of rotatable bonds is 6. The Kier molecular flexibility index (Phi) is 5.16. The van der Waals surface area contributed by atoms with E-state index in [0.717, 1.165) is 32.6 Å². The zero-order valence-corrected chi connectivity index (χ0v) is 16.3. The van der Waals surface area contributed by atoms with Gasteiger partial charge in [0.05, 0.1) is 24.8 Å². The first kappa shape index (κ1) is 19.0. The topological polar surface area (TPSA) is 77.5 Å². The average Bonchev–Trinajstić information content (AvgIpc) is 3.31. The molecule has 152 valence electrons. The first-order valence-corrected chi connectivity index (χ1v) is 9.66. The van der Waals surface area contributed by atoms with Gasteiger partial charge in [0.15, 0.2) is 17.3 Å². The van der Waals surface area contributed by atoms with Gasteiger partial charge in [-0.1, -0.05) is 0 Å². The number of ether oxygens (including phenoxy) is 4. The number of carbonyl (C=O) groups excluding carboxylic acids is 2. The molecule has 0 radical (unpaired) electrons. The molecule has 1 aromatic carbocycles. The van der Waals surface area contributed by atoms with E-state index in [1.807, 2.05) is 0 Å². The van der Waals surface area contributed by atoms with Crippen LogP contribution in [0.2, 0.25) is 0 Å². The van der Waals surface area contributed by atoms with Gasteiger partial charge in [-0.15, -0.1) is 0 Å². The number of benzene rings is 1. The smallest absolute Gasteiger partial charge is 0.410 e. The van der Waals surface area contributed by atoms with Crippen molar-refractivity contribution in [1.29, 1.82) is 0 Å². The molecule has 3 aliphatic heterocycles. The van der Waals surface area contributed by atoms with Gasteiger partial charge in [0.1, 0.15) is 6.61 Å². The van der Waals surface area contributed by atoms with Crippen molar-refractivity contribution in [2.24, 2.45) is 0 Å². The number of likely N-dealkylation sites (N-methyl/N-ethyl adjacent to an activating group) is 1. The van der Waals surface area contributed by atoms with E-state index in [1.165, 1.54) is 4.90 Å². The van der Waals surface area contributed by atoms with E-state index in [1.54, 1.807) is 32.2 Å². The average molecular weight is 390 g/mol. The minimum Gasteiger partial charge on any atom is -0.454 e. The Hall–Kier alpha value is -2.32. The van der Waals surface area contributed by atoms with Gasteiger partial charge in [0.25, 0.3) is 0 Å². The number of amides is 1. The van der Waals surface area contributed by atoms with E-state index < -0.39 is 12.1 Å². The number of carbonyl (C=O) groups is 2. The van der Waals surface area contributed by atoms with E-state index >= 15 is 0 Å². The summed E-state index contributed by atoms with van der Waals surface area (Å²) in [6.45, 7) is 5.37. The number of likely N-dealkylation sites (tertiary alicyclic amines) is 1. The second-order valence-electron chi connectivity index (χ2n) is 7.64. The predicted octanol–water partition coefficient (Wildman–Crippen LogP) is 1.92. The third kappa shape index (κ3) is 3.42. The van der Waals surface area contributed by atoms with Crippen LogP contribution >= 0.6 is 0 Å². The standard InChI is InChI=1S/C20H26N2O6/c1-14(18(23)15-4-5-16-17(10-15)28-13-27-16)21(2)19(24)26-9-8-22-7-3-6-20(22)11-25-12-20/h4-5,10,14H,3,6-9,11-13H2,1-2H3. The van der Waals surface area contributed by atoms with Crippen molar-refractivity contribution in [2.45, 2.75) is 31.3 Å². The van der Waals surface area contributed by atoms with E-state index in [4.69, 9.17) is 18.9 Å². The summed E-state index contributed by atoms with van der Waals surface area (Å²) >= 11 is 0. The molecule has 8 heteroatoms.